The summed E-state index contributed by atoms with van der Waals surface area (Å²) in [5.41, 5.74) is 0. The molecular weight excluding hydrogens is 204 g/mol. The van der Waals surface area contributed by atoms with Crippen LogP contribution in [-0.2, 0) is 0 Å². The van der Waals surface area contributed by atoms with Crippen molar-refractivity contribution in [3.8, 4) is 0 Å². The summed E-state index contributed by atoms with van der Waals surface area (Å²) in [6.07, 6.45) is 4.52. The highest BCUT2D eigenvalue weighted by Crippen LogP contribution is 2.37. The van der Waals surface area contributed by atoms with Gasteiger partial charge in [0.15, 0.2) is 0 Å². The van der Waals surface area contributed by atoms with Crippen LogP contribution in [0, 0.1) is 0 Å². The number of likely N-dealkylation sites (tertiary alicyclic amines) is 1. The van der Waals surface area contributed by atoms with Crippen LogP contribution in [0.4, 0.5) is 0 Å². The summed E-state index contributed by atoms with van der Waals surface area (Å²) in [4.78, 5) is 18.3. The minimum absolute atomic E-state index is 0.0202. The third-order valence-electron chi connectivity index (χ3n) is 3.47. The Hall–Kier alpha value is -1.39. The molecule has 16 heavy (non-hydrogen) atoms. The van der Waals surface area contributed by atoms with Gasteiger partial charge in [0.05, 0.1) is 0 Å². The number of rotatable bonds is 2. The van der Waals surface area contributed by atoms with Gasteiger partial charge in [0.2, 0.25) is 5.82 Å². The molecule has 2 fully saturated rings. The Kier molecular flexibility index (Phi) is 2.19. The normalized spacial score (nSPS) is 25.1. The summed E-state index contributed by atoms with van der Waals surface area (Å²) in [5.74, 6) is 1.73. The molecule has 1 aromatic rings. The first-order valence-electron chi connectivity index (χ1n) is 5.99. The molecular formula is C11H16N4O. The quantitative estimate of drug-likeness (QED) is 0.817. The molecule has 86 valence electrons. The first-order chi connectivity index (χ1) is 7.75. The maximum Gasteiger partial charge on any atom is 0.293 e. The summed E-state index contributed by atoms with van der Waals surface area (Å²) < 4.78 is 0. The molecule has 0 aromatic carbocycles. The SMILES string of the molecule is CC1CCCN1C(=O)c1n[nH]c(C2CC2)n1. The summed E-state index contributed by atoms with van der Waals surface area (Å²) in [6, 6.07) is 0.329. The molecule has 1 N–H and O–H groups in total. The number of carbonyl (C=O) groups is 1. The number of nitrogens with zero attached hydrogens (tertiary/aromatic N) is 3. The van der Waals surface area contributed by atoms with E-state index in [1.165, 1.54) is 12.8 Å². The lowest BCUT2D eigenvalue weighted by Gasteiger charge is -2.19. The number of aromatic amines is 1. The lowest BCUT2D eigenvalue weighted by Crippen LogP contribution is -2.34. The second-order valence-corrected chi connectivity index (χ2v) is 4.81. The molecule has 3 rings (SSSR count). The second-order valence-electron chi connectivity index (χ2n) is 4.81. The van der Waals surface area contributed by atoms with E-state index in [9.17, 15) is 4.79 Å². The van der Waals surface area contributed by atoms with E-state index < -0.39 is 0 Å². The first kappa shape index (κ1) is 9.81. The lowest BCUT2D eigenvalue weighted by atomic mass is 10.2. The van der Waals surface area contributed by atoms with Crippen molar-refractivity contribution in [2.75, 3.05) is 6.54 Å². The zero-order valence-corrected chi connectivity index (χ0v) is 9.44. The maximum absolute atomic E-state index is 12.1. The van der Waals surface area contributed by atoms with Crippen molar-refractivity contribution in [1.29, 1.82) is 0 Å². The molecule has 1 saturated heterocycles. The van der Waals surface area contributed by atoms with Crippen LogP contribution >= 0.6 is 0 Å². The third kappa shape index (κ3) is 1.60. The number of nitrogens with one attached hydrogen (secondary N) is 1. The zero-order chi connectivity index (χ0) is 11.1. The Morgan fingerprint density at radius 1 is 1.44 bits per heavy atom. The number of hydrogen-bond acceptors (Lipinski definition) is 3. The van der Waals surface area contributed by atoms with Crippen LogP contribution in [0.1, 0.15) is 55.0 Å². The van der Waals surface area contributed by atoms with E-state index in [4.69, 9.17) is 0 Å². The highest BCUT2D eigenvalue weighted by molar-refractivity contribution is 5.90. The Morgan fingerprint density at radius 3 is 2.88 bits per heavy atom. The Balaban J connectivity index is 1.77. The molecule has 1 atom stereocenters. The van der Waals surface area contributed by atoms with Crippen LogP contribution in [0.15, 0.2) is 0 Å². The van der Waals surface area contributed by atoms with Crippen molar-refractivity contribution in [3.05, 3.63) is 11.6 Å². The minimum Gasteiger partial charge on any atom is -0.333 e. The van der Waals surface area contributed by atoms with Crippen molar-refractivity contribution in [2.45, 2.75) is 44.6 Å². The van der Waals surface area contributed by atoms with Gasteiger partial charge in [-0.2, -0.15) is 0 Å². The van der Waals surface area contributed by atoms with Gasteiger partial charge in [0.1, 0.15) is 5.82 Å². The first-order valence-corrected chi connectivity index (χ1v) is 5.99. The van der Waals surface area contributed by atoms with Crippen molar-refractivity contribution in [1.82, 2.24) is 20.1 Å². The maximum atomic E-state index is 12.1. The fourth-order valence-corrected chi connectivity index (χ4v) is 2.27. The number of aromatic nitrogens is 3. The lowest BCUT2D eigenvalue weighted by molar-refractivity contribution is 0.0735. The molecule has 5 heteroatoms. The molecule has 1 unspecified atom stereocenters. The van der Waals surface area contributed by atoms with Gasteiger partial charge in [-0.25, -0.2) is 4.98 Å². The molecule has 2 aliphatic rings. The van der Waals surface area contributed by atoms with Gasteiger partial charge in [-0.3, -0.25) is 9.89 Å². The molecule has 1 amide bonds. The highest BCUT2D eigenvalue weighted by Gasteiger charge is 2.31. The van der Waals surface area contributed by atoms with Gasteiger partial charge in [-0.05, 0) is 32.6 Å². The van der Waals surface area contributed by atoms with Gasteiger partial charge >= 0.3 is 0 Å². The van der Waals surface area contributed by atoms with E-state index in [1.807, 2.05) is 4.90 Å². The number of carbonyl (C=O) groups excluding carboxylic acids is 1. The zero-order valence-electron chi connectivity index (χ0n) is 9.44. The fourth-order valence-electron chi connectivity index (χ4n) is 2.27. The van der Waals surface area contributed by atoms with Crippen molar-refractivity contribution in [2.24, 2.45) is 0 Å². The van der Waals surface area contributed by atoms with Crippen LogP contribution in [0.25, 0.3) is 0 Å². The molecule has 0 bridgehead atoms. The second kappa shape index (κ2) is 3.57. The Labute approximate surface area is 94.2 Å². The highest BCUT2D eigenvalue weighted by atomic mass is 16.2. The van der Waals surface area contributed by atoms with Gasteiger partial charge in [0, 0.05) is 18.5 Å². The van der Waals surface area contributed by atoms with E-state index in [0.29, 0.717) is 17.8 Å². The standard InChI is InChI=1S/C11H16N4O/c1-7-3-2-6-15(7)11(16)10-12-9(13-14-10)8-4-5-8/h7-8H,2-6H2,1H3,(H,12,13,14). The van der Waals surface area contributed by atoms with Gasteiger partial charge in [-0.15, -0.1) is 5.10 Å². The van der Waals surface area contributed by atoms with Gasteiger partial charge in [0.25, 0.3) is 5.91 Å². The molecule has 1 aliphatic carbocycles. The van der Waals surface area contributed by atoms with Crippen molar-refractivity contribution in [3.63, 3.8) is 0 Å². The summed E-state index contributed by atoms with van der Waals surface area (Å²) >= 11 is 0. The predicted octanol–water partition coefficient (Wildman–Crippen LogP) is 1.31. The van der Waals surface area contributed by atoms with E-state index in [0.717, 1.165) is 25.2 Å². The average Bonchev–Trinajstić information content (AvgIpc) is 2.86. The van der Waals surface area contributed by atoms with Crippen LogP contribution < -0.4 is 0 Å². The van der Waals surface area contributed by atoms with Crippen molar-refractivity contribution < 1.29 is 4.79 Å². The molecule has 0 spiro atoms. The molecule has 1 saturated carbocycles. The molecule has 1 aromatic heterocycles. The predicted molar refractivity (Wildman–Crippen MR) is 58.1 cm³/mol. The van der Waals surface area contributed by atoms with E-state index >= 15 is 0 Å². The fraction of sp³-hybridized carbons (Fsp3) is 0.727. The summed E-state index contributed by atoms with van der Waals surface area (Å²) in [5, 5.41) is 6.91. The van der Waals surface area contributed by atoms with Crippen LogP contribution in [0.3, 0.4) is 0 Å². The van der Waals surface area contributed by atoms with Crippen LogP contribution in [0.2, 0.25) is 0 Å². The monoisotopic (exact) mass is 220 g/mol. The van der Waals surface area contributed by atoms with Gasteiger partial charge in [-0.1, -0.05) is 0 Å². The molecule has 5 nitrogen and oxygen atoms in total. The Bertz CT molecular complexity index is 410. The number of H-pyrrole nitrogens is 1. The van der Waals surface area contributed by atoms with Crippen LogP contribution in [-0.4, -0.2) is 38.6 Å². The molecule has 2 heterocycles. The average molecular weight is 220 g/mol. The third-order valence-corrected chi connectivity index (χ3v) is 3.47. The topological polar surface area (TPSA) is 61.9 Å². The van der Waals surface area contributed by atoms with Crippen molar-refractivity contribution >= 4 is 5.91 Å². The number of amides is 1. The largest absolute Gasteiger partial charge is 0.333 e. The molecule has 0 radical (unpaired) electrons. The van der Waals surface area contributed by atoms with Gasteiger partial charge < -0.3 is 4.90 Å². The smallest absolute Gasteiger partial charge is 0.293 e. The summed E-state index contributed by atoms with van der Waals surface area (Å²) in [7, 11) is 0. The van der Waals surface area contributed by atoms with E-state index in [-0.39, 0.29) is 5.91 Å². The summed E-state index contributed by atoms with van der Waals surface area (Å²) in [6.45, 7) is 2.92. The van der Waals surface area contributed by atoms with E-state index in [1.54, 1.807) is 0 Å². The number of hydrogen-bond donors (Lipinski definition) is 1. The minimum atomic E-state index is -0.0202. The molecule has 1 aliphatic heterocycles. The van der Waals surface area contributed by atoms with Crippen LogP contribution in [0.5, 0.6) is 0 Å². The Morgan fingerprint density at radius 2 is 2.25 bits per heavy atom. The van der Waals surface area contributed by atoms with E-state index in [2.05, 4.69) is 22.1 Å².